The summed E-state index contributed by atoms with van der Waals surface area (Å²) in [5.41, 5.74) is 0. The molecule has 0 saturated carbocycles. The molecule has 0 bridgehead atoms. The largest absolute Gasteiger partial charge is 0.394 e. The average molecular weight is 270 g/mol. The van der Waals surface area contributed by atoms with Gasteiger partial charge in [0.2, 0.25) is 17.7 Å². The molecule has 1 aliphatic rings. The molecule has 8 heteroatoms. The quantitative estimate of drug-likeness (QED) is 0.293. The third-order valence-corrected chi connectivity index (χ3v) is 2.84. The van der Waals surface area contributed by atoms with E-state index in [1.54, 1.807) is 7.85 Å². The molecule has 7 nitrogen and oxygen atoms in total. The molecule has 106 valence electrons. The highest BCUT2D eigenvalue weighted by atomic mass is 16.5. The first-order valence-electron chi connectivity index (χ1n) is 6.35. The van der Waals surface area contributed by atoms with Crippen molar-refractivity contribution in [2.24, 2.45) is 0 Å². The molecule has 1 unspecified atom stereocenters. The number of carbonyl (C=O) groups excluding carboxylic acids is 3. The van der Waals surface area contributed by atoms with Crippen LogP contribution in [-0.4, -0.2) is 68.5 Å². The highest BCUT2D eigenvalue weighted by Crippen LogP contribution is 2.21. The Labute approximate surface area is 112 Å². The van der Waals surface area contributed by atoms with Crippen molar-refractivity contribution in [1.29, 1.82) is 0 Å². The van der Waals surface area contributed by atoms with E-state index in [4.69, 9.17) is 9.84 Å². The molecule has 0 radical (unpaired) electrons. The van der Waals surface area contributed by atoms with Crippen LogP contribution in [0.5, 0.6) is 0 Å². The van der Waals surface area contributed by atoms with E-state index in [-0.39, 0.29) is 56.1 Å². The third kappa shape index (κ3) is 5.00. The van der Waals surface area contributed by atoms with E-state index in [0.29, 0.717) is 13.2 Å². The summed E-state index contributed by atoms with van der Waals surface area (Å²) in [5.74, 6) is -0.921. The highest BCUT2D eigenvalue weighted by molar-refractivity contribution is 6.29. The first kappa shape index (κ1) is 15.7. The lowest BCUT2D eigenvalue weighted by Gasteiger charge is -2.14. The van der Waals surface area contributed by atoms with Gasteiger partial charge >= 0.3 is 0 Å². The summed E-state index contributed by atoms with van der Waals surface area (Å²) in [7, 11) is 1.71. The van der Waals surface area contributed by atoms with Crippen LogP contribution < -0.4 is 5.32 Å². The van der Waals surface area contributed by atoms with Crippen LogP contribution in [0.1, 0.15) is 12.8 Å². The molecule has 1 atom stereocenters. The van der Waals surface area contributed by atoms with Crippen molar-refractivity contribution in [1.82, 2.24) is 10.2 Å². The van der Waals surface area contributed by atoms with E-state index in [1.807, 2.05) is 0 Å². The summed E-state index contributed by atoms with van der Waals surface area (Å²) >= 11 is 0. The van der Waals surface area contributed by atoms with Crippen LogP contribution in [0.25, 0.3) is 0 Å². The molecule has 1 aliphatic heterocycles. The molecule has 0 aliphatic carbocycles. The van der Waals surface area contributed by atoms with E-state index in [1.165, 1.54) is 0 Å². The summed E-state index contributed by atoms with van der Waals surface area (Å²) in [6.45, 7) is 0.989. The van der Waals surface area contributed by atoms with Gasteiger partial charge in [-0.3, -0.25) is 19.3 Å². The number of rotatable bonds is 8. The lowest BCUT2D eigenvalue weighted by molar-refractivity contribution is -0.138. The van der Waals surface area contributed by atoms with Gasteiger partial charge in [0.1, 0.15) is 7.85 Å². The number of nitrogens with one attached hydrogen (secondary N) is 1. The number of ether oxygens (including phenoxy) is 1. The highest BCUT2D eigenvalue weighted by Gasteiger charge is 2.35. The number of nitrogens with zero attached hydrogens (tertiary/aromatic N) is 1. The van der Waals surface area contributed by atoms with Crippen LogP contribution in [0.3, 0.4) is 0 Å². The molecular formula is C11H19BN2O5. The van der Waals surface area contributed by atoms with Crippen molar-refractivity contribution in [3.05, 3.63) is 0 Å². The van der Waals surface area contributed by atoms with Gasteiger partial charge in [-0.15, -0.1) is 0 Å². The second-order valence-corrected chi connectivity index (χ2v) is 4.42. The van der Waals surface area contributed by atoms with E-state index in [9.17, 15) is 14.4 Å². The second-order valence-electron chi connectivity index (χ2n) is 4.42. The predicted octanol–water partition coefficient (Wildman–Crippen LogP) is -2.32. The Hall–Kier alpha value is -1.41. The lowest BCUT2D eigenvalue weighted by atomic mass is 9.86. The number of carbonyl (C=O) groups is 3. The molecule has 1 heterocycles. The Morgan fingerprint density at radius 1 is 1.47 bits per heavy atom. The molecule has 1 rings (SSSR count). The zero-order valence-electron chi connectivity index (χ0n) is 11.1. The first-order valence-corrected chi connectivity index (χ1v) is 6.35. The number of likely N-dealkylation sites (tertiary alicyclic amines) is 1. The maximum Gasteiger partial charge on any atom is 0.229 e. The standard InChI is InChI=1S/C11H19BN2O5/c12-8-7-10(17)14(11(8)18)3-1-9(16)13-2-5-19-6-4-15/h8,15H,1-7,12H2,(H,13,16). The summed E-state index contributed by atoms with van der Waals surface area (Å²) in [6.07, 6.45) is 0.333. The van der Waals surface area contributed by atoms with E-state index >= 15 is 0 Å². The smallest absolute Gasteiger partial charge is 0.229 e. The van der Waals surface area contributed by atoms with Crippen LogP contribution in [0.15, 0.2) is 0 Å². The SMILES string of the molecule is BC1CC(=O)N(CCC(=O)NCCOCCO)C1=O. The molecule has 1 saturated heterocycles. The number of hydrogen-bond donors (Lipinski definition) is 2. The van der Waals surface area contributed by atoms with Crippen LogP contribution in [0, 0.1) is 0 Å². The van der Waals surface area contributed by atoms with Gasteiger partial charge in [-0.05, 0) is 0 Å². The van der Waals surface area contributed by atoms with Gasteiger partial charge in [-0.2, -0.15) is 0 Å². The van der Waals surface area contributed by atoms with Crippen LogP contribution >= 0.6 is 0 Å². The molecule has 0 aromatic heterocycles. The minimum absolute atomic E-state index is 0.0503. The molecule has 0 aromatic rings. The van der Waals surface area contributed by atoms with Gasteiger partial charge in [0.05, 0.1) is 19.8 Å². The van der Waals surface area contributed by atoms with Crippen molar-refractivity contribution in [2.45, 2.75) is 18.7 Å². The van der Waals surface area contributed by atoms with Crippen LogP contribution in [0.2, 0.25) is 5.82 Å². The zero-order valence-corrected chi connectivity index (χ0v) is 11.1. The summed E-state index contributed by atoms with van der Waals surface area (Å²) in [4.78, 5) is 35.7. The number of aliphatic hydroxyl groups is 1. The van der Waals surface area contributed by atoms with Gasteiger partial charge in [-0.1, -0.05) is 0 Å². The number of imide groups is 1. The second kappa shape index (κ2) is 7.91. The minimum Gasteiger partial charge on any atom is -0.394 e. The molecule has 2 N–H and O–H groups in total. The summed E-state index contributed by atoms with van der Waals surface area (Å²) in [5, 5.41) is 11.1. The molecule has 19 heavy (non-hydrogen) atoms. The molecule has 1 fully saturated rings. The average Bonchev–Trinajstić information content (AvgIpc) is 2.61. The van der Waals surface area contributed by atoms with Crippen molar-refractivity contribution in [3.8, 4) is 0 Å². The first-order chi connectivity index (χ1) is 9.06. The monoisotopic (exact) mass is 270 g/mol. The predicted molar refractivity (Wildman–Crippen MR) is 69.2 cm³/mol. The van der Waals surface area contributed by atoms with Crippen LogP contribution in [0.4, 0.5) is 0 Å². The van der Waals surface area contributed by atoms with Crippen LogP contribution in [-0.2, 0) is 19.1 Å². The van der Waals surface area contributed by atoms with Crippen molar-refractivity contribution in [2.75, 3.05) is 32.9 Å². The Balaban J connectivity index is 2.16. The Morgan fingerprint density at radius 3 is 2.79 bits per heavy atom. The van der Waals surface area contributed by atoms with Gasteiger partial charge < -0.3 is 15.2 Å². The molecular weight excluding hydrogens is 251 g/mol. The van der Waals surface area contributed by atoms with E-state index in [2.05, 4.69) is 5.32 Å². The fraction of sp³-hybridized carbons (Fsp3) is 0.727. The molecule has 0 aromatic carbocycles. The fourth-order valence-electron chi connectivity index (χ4n) is 1.81. The van der Waals surface area contributed by atoms with Crippen molar-refractivity contribution >= 4 is 25.6 Å². The number of amides is 3. The van der Waals surface area contributed by atoms with E-state index in [0.717, 1.165) is 4.90 Å². The van der Waals surface area contributed by atoms with Crippen molar-refractivity contribution in [3.63, 3.8) is 0 Å². The molecule has 0 spiro atoms. The maximum atomic E-state index is 11.6. The fourth-order valence-corrected chi connectivity index (χ4v) is 1.81. The number of hydrogen-bond acceptors (Lipinski definition) is 5. The van der Waals surface area contributed by atoms with E-state index < -0.39 is 0 Å². The van der Waals surface area contributed by atoms with Gasteiger partial charge in [-0.25, -0.2) is 0 Å². The van der Waals surface area contributed by atoms with Crippen molar-refractivity contribution < 1.29 is 24.2 Å². The Kier molecular flexibility index (Phi) is 6.51. The Morgan fingerprint density at radius 2 is 2.21 bits per heavy atom. The summed E-state index contributed by atoms with van der Waals surface area (Å²) < 4.78 is 4.98. The zero-order chi connectivity index (χ0) is 14.3. The Bertz CT molecular complexity index is 350. The minimum atomic E-state index is -0.276. The third-order valence-electron chi connectivity index (χ3n) is 2.84. The number of aliphatic hydroxyl groups excluding tert-OH is 1. The summed E-state index contributed by atoms with van der Waals surface area (Å²) in [6, 6.07) is 0. The lowest BCUT2D eigenvalue weighted by Crippen LogP contribution is -2.35. The molecule has 3 amide bonds. The normalized spacial score (nSPS) is 19.0. The maximum absolute atomic E-state index is 11.6. The topological polar surface area (TPSA) is 95.9 Å². The van der Waals surface area contributed by atoms with Gasteiger partial charge in [0.25, 0.3) is 0 Å². The van der Waals surface area contributed by atoms with Gasteiger partial charge in [0.15, 0.2) is 0 Å². The van der Waals surface area contributed by atoms with Gasteiger partial charge in [0, 0.05) is 31.7 Å².